The van der Waals surface area contributed by atoms with Gasteiger partial charge < -0.3 is 28.4 Å². The van der Waals surface area contributed by atoms with Crippen LogP contribution in [-0.2, 0) is 58.6 Å². The molecular formula is C56H54Cl2N6O8. The van der Waals surface area contributed by atoms with Crippen molar-refractivity contribution in [2.24, 2.45) is 0 Å². The number of hydrogen-bond acceptors (Lipinski definition) is 14. The number of likely N-dealkylation sites (N-methyl/N-ethyl adjacent to an activating group) is 2. The summed E-state index contributed by atoms with van der Waals surface area (Å²) in [5, 5.41) is 19.6. The number of hydrogen-bond donors (Lipinski definition) is 0. The summed E-state index contributed by atoms with van der Waals surface area (Å²) in [6.07, 6.45) is 7.10. The van der Waals surface area contributed by atoms with Crippen molar-refractivity contribution in [3.63, 3.8) is 0 Å². The molecular weight excluding hydrogens is 956 g/mol. The minimum Gasteiger partial charge on any atom is -0.488 e. The topological polar surface area (TPSA) is 169 Å². The van der Waals surface area contributed by atoms with Crippen molar-refractivity contribution in [3.05, 3.63) is 163 Å². The van der Waals surface area contributed by atoms with Crippen molar-refractivity contribution < 1.29 is 38.0 Å². The third-order valence-corrected chi connectivity index (χ3v) is 13.6. The zero-order valence-corrected chi connectivity index (χ0v) is 42.4. The zero-order valence-electron chi connectivity index (χ0n) is 40.9. The summed E-state index contributed by atoms with van der Waals surface area (Å²) in [7, 11) is 3.74. The predicted molar refractivity (Wildman–Crippen MR) is 270 cm³/mol. The summed E-state index contributed by atoms with van der Waals surface area (Å²) >= 11 is 13.9. The van der Waals surface area contributed by atoms with E-state index in [1.54, 1.807) is 48.8 Å². The Balaban J connectivity index is 0.997. The van der Waals surface area contributed by atoms with Gasteiger partial charge >= 0.3 is 11.9 Å². The highest BCUT2D eigenvalue weighted by Crippen LogP contribution is 2.39. The SMILES string of the molecule is Cc1c(COc2cc(OCc3cncc(C#N)c3)c(CN(C)C3CC(C)OC3=O)cc2Cl)cccc1-c1cccc(COc2cc(OCc3cncc(C#N)c3)c(CN(C)C3CC(C)OC3=O)cc2Cl)c1C. The van der Waals surface area contributed by atoms with Gasteiger partial charge in [-0.25, -0.2) is 0 Å². The van der Waals surface area contributed by atoms with Crippen LogP contribution in [0.4, 0.5) is 0 Å². The van der Waals surface area contributed by atoms with E-state index in [0.29, 0.717) is 81.2 Å². The molecule has 0 N–H and O–H groups in total. The number of rotatable bonds is 19. The van der Waals surface area contributed by atoms with Crippen LogP contribution in [-0.4, -0.2) is 70.1 Å². The molecule has 0 saturated carbocycles. The minimum atomic E-state index is -0.407. The lowest BCUT2D eigenvalue weighted by Crippen LogP contribution is -2.34. The third-order valence-electron chi connectivity index (χ3n) is 13.0. The van der Waals surface area contributed by atoms with Gasteiger partial charge in [-0.05, 0) is 99.4 Å². The zero-order chi connectivity index (χ0) is 51.1. The summed E-state index contributed by atoms with van der Waals surface area (Å²) < 4.78 is 36.5. The smallest absolute Gasteiger partial charge is 0.323 e. The number of esters is 2. The van der Waals surface area contributed by atoms with Crippen molar-refractivity contribution in [2.75, 3.05) is 14.1 Å². The van der Waals surface area contributed by atoms with Gasteiger partial charge in [-0.1, -0.05) is 59.6 Å². The van der Waals surface area contributed by atoms with Crippen LogP contribution < -0.4 is 18.9 Å². The van der Waals surface area contributed by atoms with Gasteiger partial charge in [-0.15, -0.1) is 0 Å². The van der Waals surface area contributed by atoms with E-state index in [0.717, 1.165) is 44.5 Å². The number of aromatic nitrogens is 2. The Morgan fingerprint density at radius 1 is 0.583 bits per heavy atom. The molecule has 4 atom stereocenters. The number of ether oxygens (including phenoxy) is 6. The molecule has 4 unspecified atom stereocenters. The number of benzene rings is 4. The highest BCUT2D eigenvalue weighted by Gasteiger charge is 2.36. The van der Waals surface area contributed by atoms with E-state index in [-0.39, 0.29) is 50.6 Å². The van der Waals surface area contributed by atoms with Gasteiger partial charge in [0.15, 0.2) is 0 Å². The van der Waals surface area contributed by atoms with Crippen LogP contribution in [0.1, 0.15) is 82.3 Å². The Bertz CT molecular complexity index is 2880. The normalized spacial score (nSPS) is 17.3. The predicted octanol–water partition coefficient (Wildman–Crippen LogP) is 10.4. The highest BCUT2D eigenvalue weighted by atomic mass is 35.5. The molecule has 370 valence electrons. The third kappa shape index (κ3) is 12.1. The lowest BCUT2D eigenvalue weighted by molar-refractivity contribution is -0.145. The number of nitrogens with zero attached hydrogens (tertiary/aromatic N) is 6. The molecule has 2 fully saturated rings. The Labute approximate surface area is 429 Å². The number of nitriles is 2. The van der Waals surface area contributed by atoms with Crippen LogP contribution in [0.3, 0.4) is 0 Å². The second-order valence-electron chi connectivity index (χ2n) is 18.3. The molecule has 2 aliphatic heterocycles. The number of carbonyl (C=O) groups is 2. The lowest BCUT2D eigenvalue weighted by atomic mass is 9.92. The van der Waals surface area contributed by atoms with Crippen molar-refractivity contribution >= 4 is 35.1 Å². The van der Waals surface area contributed by atoms with Crippen LogP contribution >= 0.6 is 23.2 Å². The Kier molecular flexibility index (Phi) is 16.3. The molecule has 6 aromatic rings. The van der Waals surface area contributed by atoms with Crippen molar-refractivity contribution in [2.45, 2.75) is 104 Å². The van der Waals surface area contributed by atoms with Gasteiger partial charge in [0.1, 0.15) is 85.9 Å². The van der Waals surface area contributed by atoms with E-state index in [1.165, 1.54) is 12.4 Å². The first-order valence-corrected chi connectivity index (χ1v) is 24.3. The minimum absolute atomic E-state index is 0.138. The summed E-state index contributed by atoms with van der Waals surface area (Å²) in [6, 6.07) is 26.2. The van der Waals surface area contributed by atoms with Crippen LogP contribution in [0.5, 0.6) is 23.0 Å². The van der Waals surface area contributed by atoms with Crippen LogP contribution in [0.2, 0.25) is 10.0 Å². The van der Waals surface area contributed by atoms with E-state index in [9.17, 15) is 20.1 Å². The van der Waals surface area contributed by atoms with Gasteiger partial charge in [0, 0.05) is 85.1 Å². The molecule has 0 spiro atoms. The first kappa shape index (κ1) is 51.2. The van der Waals surface area contributed by atoms with Gasteiger partial charge in [0.2, 0.25) is 0 Å². The molecule has 2 aliphatic rings. The van der Waals surface area contributed by atoms with E-state index in [2.05, 4.69) is 48.1 Å². The van der Waals surface area contributed by atoms with Crippen LogP contribution in [0.25, 0.3) is 11.1 Å². The number of halogens is 2. The number of carbonyl (C=O) groups excluding carboxylic acids is 2. The molecule has 0 amide bonds. The number of cyclic esters (lactones) is 2. The maximum atomic E-state index is 12.6. The standard InChI is InChI=1S/C56H54Cl2N6O8/c1-33-13-49(55(65)71-33)63(5)27-43-17-47(57)53(19-51(43)67-29-39-15-37(21-59)23-61-25-39)69-31-41-9-7-11-45(35(41)3)46-12-8-10-42(36(46)4)32-70-54-20-52(68-30-40-16-38(22-60)24-62-26-40)44(18-48(54)58)28-64(6)50-14-34(2)72-56(50)66/h7-12,15-20,23-26,33-34,49-50H,13-14,27-32H2,1-6H3. The molecule has 8 rings (SSSR count). The Hall–Kier alpha value is -7.20. The molecule has 0 aliphatic carbocycles. The fraction of sp³-hybridized carbons (Fsp3) is 0.321. The molecule has 0 radical (unpaired) electrons. The summed E-state index contributed by atoms with van der Waals surface area (Å²) in [5.74, 6) is 1.33. The van der Waals surface area contributed by atoms with Crippen molar-refractivity contribution in [3.8, 4) is 46.3 Å². The monoisotopic (exact) mass is 1010 g/mol. The van der Waals surface area contributed by atoms with Crippen LogP contribution in [0, 0.1) is 36.5 Å². The second-order valence-corrected chi connectivity index (χ2v) is 19.1. The molecule has 2 saturated heterocycles. The Morgan fingerprint density at radius 2 is 0.986 bits per heavy atom. The largest absolute Gasteiger partial charge is 0.488 e. The second kappa shape index (κ2) is 22.9. The number of pyridine rings is 2. The molecule has 16 heteroatoms. The fourth-order valence-electron chi connectivity index (χ4n) is 8.99. The average Bonchev–Trinajstić information content (AvgIpc) is 3.91. The van der Waals surface area contributed by atoms with Gasteiger partial charge in [0.25, 0.3) is 0 Å². The van der Waals surface area contributed by atoms with Crippen molar-refractivity contribution in [1.29, 1.82) is 10.5 Å². The lowest BCUT2D eigenvalue weighted by Gasteiger charge is -2.23. The first-order valence-electron chi connectivity index (χ1n) is 23.5. The summed E-state index contributed by atoms with van der Waals surface area (Å²) in [6.45, 7) is 9.29. The molecule has 72 heavy (non-hydrogen) atoms. The summed E-state index contributed by atoms with van der Waals surface area (Å²) in [4.78, 5) is 37.5. The maximum Gasteiger partial charge on any atom is 0.323 e. The van der Waals surface area contributed by atoms with E-state index in [4.69, 9.17) is 51.6 Å². The van der Waals surface area contributed by atoms with Gasteiger partial charge in [-0.3, -0.25) is 29.4 Å². The van der Waals surface area contributed by atoms with Crippen LogP contribution in [0.15, 0.2) is 97.6 Å². The van der Waals surface area contributed by atoms with Crippen molar-refractivity contribution in [1.82, 2.24) is 19.8 Å². The van der Waals surface area contributed by atoms with E-state index >= 15 is 0 Å². The Morgan fingerprint density at radius 3 is 1.36 bits per heavy atom. The maximum absolute atomic E-state index is 12.6. The quantitative estimate of drug-likeness (QED) is 0.0703. The van der Waals surface area contributed by atoms with E-state index in [1.807, 2.05) is 62.0 Å². The van der Waals surface area contributed by atoms with Gasteiger partial charge in [-0.2, -0.15) is 10.5 Å². The van der Waals surface area contributed by atoms with E-state index < -0.39 is 12.1 Å². The molecule has 4 heterocycles. The van der Waals surface area contributed by atoms with Gasteiger partial charge in [0.05, 0.1) is 21.2 Å². The highest BCUT2D eigenvalue weighted by molar-refractivity contribution is 6.32. The molecule has 4 aromatic carbocycles. The summed E-state index contributed by atoms with van der Waals surface area (Å²) in [5.41, 5.74) is 9.76. The molecule has 14 nitrogen and oxygen atoms in total. The first-order chi connectivity index (χ1) is 34.7. The fourth-order valence-corrected chi connectivity index (χ4v) is 9.47. The average molecular weight is 1010 g/mol. The molecule has 0 bridgehead atoms. The molecule has 2 aromatic heterocycles.